The van der Waals surface area contributed by atoms with Gasteiger partial charge >= 0.3 is 5.97 Å². The Labute approximate surface area is 114 Å². The molecule has 1 aliphatic rings. The molecule has 1 N–H and O–H groups in total. The van der Waals surface area contributed by atoms with Gasteiger partial charge in [-0.05, 0) is 47.9 Å². The van der Waals surface area contributed by atoms with Gasteiger partial charge in [0.05, 0.1) is 0 Å². The molecule has 1 fully saturated rings. The number of hydrogen-bond acceptors (Lipinski definition) is 3. The number of carbonyl (C=O) groups excluding carboxylic acids is 1. The molecule has 4 nitrogen and oxygen atoms in total. The number of thiophene rings is 1. The molecule has 0 spiro atoms. The minimum absolute atomic E-state index is 0.182. The summed E-state index contributed by atoms with van der Waals surface area (Å²) in [7, 11) is 0. The fourth-order valence-corrected chi connectivity index (χ4v) is 3.30. The van der Waals surface area contributed by atoms with Crippen LogP contribution in [0.3, 0.4) is 0 Å². The first-order valence-corrected chi connectivity index (χ1v) is 7.06. The molecule has 1 aliphatic heterocycles. The molecule has 0 radical (unpaired) electrons. The maximum Gasteiger partial charge on any atom is 0.326 e. The van der Waals surface area contributed by atoms with Crippen molar-refractivity contribution in [1.29, 1.82) is 0 Å². The number of carboxylic acid groups (broad SMARTS) is 1. The highest BCUT2D eigenvalue weighted by Crippen LogP contribution is 2.25. The monoisotopic (exact) mass is 275 g/mol. The molecule has 5 heteroatoms. The van der Waals surface area contributed by atoms with Crippen molar-refractivity contribution in [2.45, 2.75) is 18.9 Å². The summed E-state index contributed by atoms with van der Waals surface area (Å²) in [6, 6.07) is 6.82. The van der Waals surface area contributed by atoms with Crippen molar-refractivity contribution < 1.29 is 14.7 Å². The fourth-order valence-electron chi connectivity index (χ4n) is 2.53. The molecule has 3 rings (SSSR count). The number of rotatable bonds is 2. The highest BCUT2D eigenvalue weighted by Gasteiger charge is 2.34. The van der Waals surface area contributed by atoms with Crippen molar-refractivity contribution in [2.75, 3.05) is 6.54 Å². The number of aliphatic carboxylic acids is 1. The molecule has 1 atom stereocenters. The maximum atomic E-state index is 12.4. The maximum absolute atomic E-state index is 12.4. The third kappa shape index (κ3) is 2.10. The molecule has 2 heterocycles. The Balaban J connectivity index is 1.92. The Morgan fingerprint density at radius 3 is 2.95 bits per heavy atom. The summed E-state index contributed by atoms with van der Waals surface area (Å²) in [6.45, 7) is 0.525. The number of amides is 1. The van der Waals surface area contributed by atoms with Crippen LogP contribution in [-0.4, -0.2) is 34.5 Å². The zero-order valence-electron chi connectivity index (χ0n) is 10.2. The van der Waals surface area contributed by atoms with Crippen molar-refractivity contribution >= 4 is 33.3 Å². The SMILES string of the molecule is O=C(O)C1CCCN1C(=O)c1ccc2sccc2c1. The number of likely N-dealkylation sites (tertiary alicyclic amines) is 1. The molecule has 0 bridgehead atoms. The van der Waals surface area contributed by atoms with Gasteiger partial charge in [0, 0.05) is 16.8 Å². The van der Waals surface area contributed by atoms with Gasteiger partial charge in [-0.15, -0.1) is 11.3 Å². The predicted molar refractivity (Wildman–Crippen MR) is 73.5 cm³/mol. The van der Waals surface area contributed by atoms with Gasteiger partial charge in [0.2, 0.25) is 0 Å². The van der Waals surface area contributed by atoms with Gasteiger partial charge in [0.1, 0.15) is 6.04 Å². The second-order valence-electron chi connectivity index (χ2n) is 4.67. The molecule has 1 unspecified atom stereocenters. The first-order valence-electron chi connectivity index (χ1n) is 6.18. The third-order valence-corrected chi connectivity index (χ3v) is 4.40. The van der Waals surface area contributed by atoms with E-state index in [1.807, 2.05) is 23.6 Å². The van der Waals surface area contributed by atoms with Crippen molar-refractivity contribution in [3.63, 3.8) is 0 Å². The molecular weight excluding hydrogens is 262 g/mol. The fraction of sp³-hybridized carbons (Fsp3) is 0.286. The minimum Gasteiger partial charge on any atom is -0.480 e. The van der Waals surface area contributed by atoms with Gasteiger partial charge in [-0.2, -0.15) is 0 Å². The van der Waals surface area contributed by atoms with Gasteiger partial charge in [-0.1, -0.05) is 0 Å². The van der Waals surface area contributed by atoms with Crippen molar-refractivity contribution in [2.24, 2.45) is 0 Å². The van der Waals surface area contributed by atoms with E-state index in [0.717, 1.165) is 16.5 Å². The summed E-state index contributed by atoms with van der Waals surface area (Å²) in [5.74, 6) is -1.10. The molecule has 1 aromatic heterocycles. The Bertz CT molecular complexity index is 649. The van der Waals surface area contributed by atoms with Gasteiger partial charge in [-0.3, -0.25) is 4.79 Å². The molecule has 98 valence electrons. The van der Waals surface area contributed by atoms with E-state index >= 15 is 0 Å². The predicted octanol–water partition coefficient (Wildman–Crippen LogP) is 2.59. The van der Waals surface area contributed by atoms with E-state index in [4.69, 9.17) is 5.11 Å². The number of carboxylic acids is 1. The standard InChI is InChI=1S/C14H13NO3S/c16-13(15-6-1-2-11(15)14(17)18)10-3-4-12-9(8-10)5-7-19-12/h3-5,7-8,11H,1-2,6H2,(H,17,18). The van der Waals surface area contributed by atoms with E-state index in [1.54, 1.807) is 17.4 Å². The van der Waals surface area contributed by atoms with E-state index in [9.17, 15) is 9.59 Å². The summed E-state index contributed by atoms with van der Waals surface area (Å²) < 4.78 is 1.13. The Morgan fingerprint density at radius 2 is 2.16 bits per heavy atom. The van der Waals surface area contributed by atoms with E-state index in [1.165, 1.54) is 4.90 Å². The molecule has 1 amide bonds. The lowest BCUT2D eigenvalue weighted by atomic mass is 10.1. The van der Waals surface area contributed by atoms with Crippen LogP contribution >= 0.6 is 11.3 Å². The van der Waals surface area contributed by atoms with E-state index in [0.29, 0.717) is 18.5 Å². The number of benzene rings is 1. The van der Waals surface area contributed by atoms with Crippen molar-refractivity contribution in [3.8, 4) is 0 Å². The topological polar surface area (TPSA) is 57.6 Å². The Morgan fingerprint density at radius 1 is 1.32 bits per heavy atom. The van der Waals surface area contributed by atoms with Crippen LogP contribution in [0.15, 0.2) is 29.6 Å². The second kappa shape index (κ2) is 4.66. The number of carbonyl (C=O) groups is 2. The molecule has 0 aliphatic carbocycles. The van der Waals surface area contributed by atoms with Crippen LogP contribution in [0.25, 0.3) is 10.1 Å². The Kier molecular flexibility index (Phi) is 2.98. The average molecular weight is 275 g/mol. The first-order chi connectivity index (χ1) is 9.16. The zero-order chi connectivity index (χ0) is 13.4. The zero-order valence-corrected chi connectivity index (χ0v) is 11.0. The van der Waals surface area contributed by atoms with Crippen molar-refractivity contribution in [1.82, 2.24) is 4.90 Å². The van der Waals surface area contributed by atoms with Crippen LogP contribution in [0, 0.1) is 0 Å². The quantitative estimate of drug-likeness (QED) is 0.916. The first kappa shape index (κ1) is 12.2. The second-order valence-corrected chi connectivity index (χ2v) is 5.62. The minimum atomic E-state index is -0.914. The van der Waals surface area contributed by atoms with E-state index < -0.39 is 12.0 Å². The number of fused-ring (bicyclic) bond motifs is 1. The lowest BCUT2D eigenvalue weighted by Crippen LogP contribution is -2.40. The van der Waals surface area contributed by atoms with Gasteiger partial charge in [0.15, 0.2) is 0 Å². The molecule has 19 heavy (non-hydrogen) atoms. The average Bonchev–Trinajstić information content (AvgIpc) is 3.05. The summed E-state index contributed by atoms with van der Waals surface area (Å²) in [5.41, 5.74) is 0.569. The van der Waals surface area contributed by atoms with Gasteiger partial charge in [0.25, 0.3) is 5.91 Å². The number of nitrogens with zero attached hydrogens (tertiary/aromatic N) is 1. The lowest BCUT2D eigenvalue weighted by molar-refractivity contribution is -0.141. The van der Waals surface area contributed by atoms with Crippen LogP contribution < -0.4 is 0 Å². The normalized spacial score (nSPS) is 18.9. The Hall–Kier alpha value is -1.88. The van der Waals surface area contributed by atoms with Crippen LogP contribution in [0.1, 0.15) is 23.2 Å². The number of hydrogen-bond donors (Lipinski definition) is 1. The third-order valence-electron chi connectivity index (χ3n) is 3.50. The van der Waals surface area contributed by atoms with Crippen LogP contribution in [0.2, 0.25) is 0 Å². The highest BCUT2D eigenvalue weighted by molar-refractivity contribution is 7.17. The van der Waals surface area contributed by atoms with E-state index in [2.05, 4.69) is 0 Å². The lowest BCUT2D eigenvalue weighted by Gasteiger charge is -2.21. The smallest absolute Gasteiger partial charge is 0.326 e. The largest absolute Gasteiger partial charge is 0.480 e. The van der Waals surface area contributed by atoms with Crippen molar-refractivity contribution in [3.05, 3.63) is 35.2 Å². The van der Waals surface area contributed by atoms with Gasteiger partial charge < -0.3 is 10.0 Å². The van der Waals surface area contributed by atoms with Crippen LogP contribution in [-0.2, 0) is 4.79 Å². The summed E-state index contributed by atoms with van der Waals surface area (Å²) >= 11 is 1.63. The summed E-state index contributed by atoms with van der Waals surface area (Å²) in [5, 5.41) is 12.1. The molecule has 1 aromatic carbocycles. The molecule has 0 saturated carbocycles. The summed E-state index contributed by atoms with van der Waals surface area (Å²) in [6.07, 6.45) is 1.30. The summed E-state index contributed by atoms with van der Waals surface area (Å²) in [4.78, 5) is 25.0. The van der Waals surface area contributed by atoms with Gasteiger partial charge in [-0.25, -0.2) is 4.79 Å². The van der Waals surface area contributed by atoms with Crippen LogP contribution in [0.5, 0.6) is 0 Å². The highest BCUT2D eigenvalue weighted by atomic mass is 32.1. The molecule has 2 aromatic rings. The molecule has 1 saturated heterocycles. The van der Waals surface area contributed by atoms with Crippen LogP contribution in [0.4, 0.5) is 0 Å². The van der Waals surface area contributed by atoms with E-state index in [-0.39, 0.29) is 5.91 Å². The molecular formula is C14H13NO3S.